The molecule has 4 rings (SSSR count). The van der Waals surface area contributed by atoms with Crippen molar-refractivity contribution < 1.29 is 0 Å². The molecule has 1 atom stereocenters. The molecule has 0 radical (unpaired) electrons. The van der Waals surface area contributed by atoms with Crippen LogP contribution in [0.3, 0.4) is 0 Å². The van der Waals surface area contributed by atoms with Crippen LogP contribution in [0.1, 0.15) is 29.2 Å². The van der Waals surface area contributed by atoms with E-state index in [2.05, 4.69) is 26.4 Å². The molecule has 3 heterocycles. The van der Waals surface area contributed by atoms with Gasteiger partial charge in [-0.2, -0.15) is 5.26 Å². The van der Waals surface area contributed by atoms with Crippen LogP contribution in [0.5, 0.6) is 0 Å². The molecule has 4 aromatic rings. The zero-order chi connectivity index (χ0) is 17.4. The summed E-state index contributed by atoms with van der Waals surface area (Å²) in [7, 11) is 0. The third-order valence-corrected chi connectivity index (χ3v) is 5.16. The molecule has 0 aliphatic heterocycles. The largest absolute Gasteiger partial charge is 0.302 e. The van der Waals surface area contributed by atoms with Crippen molar-refractivity contribution in [3.8, 4) is 6.07 Å². The van der Waals surface area contributed by atoms with Crippen LogP contribution in [0, 0.1) is 11.3 Å². The van der Waals surface area contributed by atoms with E-state index >= 15 is 0 Å². The summed E-state index contributed by atoms with van der Waals surface area (Å²) in [6, 6.07) is 11.5. The van der Waals surface area contributed by atoms with Gasteiger partial charge in [0.25, 0.3) is 5.56 Å². The van der Waals surface area contributed by atoms with Gasteiger partial charge >= 0.3 is 0 Å². The molecule has 1 unspecified atom stereocenters. The number of rotatable bonds is 4. The molecule has 25 heavy (non-hydrogen) atoms. The van der Waals surface area contributed by atoms with Crippen molar-refractivity contribution in [2.75, 3.05) is 0 Å². The minimum absolute atomic E-state index is 0.0271. The summed E-state index contributed by atoms with van der Waals surface area (Å²) in [5.41, 5.74) is 2.03. The lowest BCUT2D eigenvalue weighted by atomic mass is 10.3. The summed E-state index contributed by atoms with van der Waals surface area (Å²) in [4.78, 5) is 21.1. The number of hydrogen-bond acceptors (Lipinski definition) is 6. The molecule has 0 saturated heterocycles. The normalized spacial score (nSPS) is 12.5. The lowest BCUT2D eigenvalue weighted by Gasteiger charge is -2.10. The van der Waals surface area contributed by atoms with Gasteiger partial charge in [-0.05, 0) is 19.1 Å². The van der Waals surface area contributed by atoms with Crippen LogP contribution < -0.4 is 10.9 Å². The number of hydrogen-bond donors (Lipinski definition) is 2. The zero-order valence-corrected chi connectivity index (χ0v) is 14.2. The van der Waals surface area contributed by atoms with Crippen LogP contribution in [0.4, 0.5) is 0 Å². The maximum Gasteiger partial charge on any atom is 0.272 e. The third kappa shape index (κ3) is 2.80. The highest BCUT2D eigenvalue weighted by Crippen LogP contribution is 2.26. The Kier molecular flexibility index (Phi) is 3.80. The molecular weight excluding hydrogens is 336 g/mol. The maximum absolute atomic E-state index is 12.1. The molecule has 0 spiro atoms. The molecule has 0 aliphatic carbocycles. The Hall–Kier alpha value is -3.02. The first kappa shape index (κ1) is 15.5. The first-order valence-corrected chi connectivity index (χ1v) is 8.56. The molecule has 3 aromatic heterocycles. The minimum atomic E-state index is -0.240. The first-order chi connectivity index (χ1) is 12.2. The van der Waals surface area contributed by atoms with Crippen LogP contribution in [0.25, 0.3) is 15.9 Å². The quantitative estimate of drug-likeness (QED) is 0.589. The fraction of sp³-hybridized carbons (Fsp3) is 0.176. The summed E-state index contributed by atoms with van der Waals surface area (Å²) in [5.74, 6) is 0. The predicted molar refractivity (Wildman–Crippen MR) is 95.4 cm³/mol. The summed E-state index contributed by atoms with van der Waals surface area (Å²) < 4.78 is 2.41. The number of fused-ring (bicyclic) bond motifs is 2. The minimum Gasteiger partial charge on any atom is -0.302 e. The van der Waals surface area contributed by atoms with Crippen molar-refractivity contribution in [3.63, 3.8) is 0 Å². The number of benzene rings is 1. The van der Waals surface area contributed by atoms with Crippen LogP contribution in [0.2, 0.25) is 0 Å². The Bertz CT molecular complexity index is 1130. The topological polar surface area (TPSA) is 98.9 Å². The van der Waals surface area contributed by atoms with Crippen LogP contribution in [-0.4, -0.2) is 19.6 Å². The zero-order valence-electron chi connectivity index (χ0n) is 13.4. The van der Waals surface area contributed by atoms with E-state index < -0.39 is 0 Å². The Labute approximate surface area is 146 Å². The second-order valence-corrected chi connectivity index (χ2v) is 6.73. The predicted octanol–water partition coefficient (Wildman–Crippen LogP) is 2.35. The van der Waals surface area contributed by atoms with Gasteiger partial charge in [-0.25, -0.2) is 14.5 Å². The molecule has 8 heteroatoms. The summed E-state index contributed by atoms with van der Waals surface area (Å²) in [5, 5.41) is 16.2. The van der Waals surface area contributed by atoms with E-state index in [1.165, 1.54) is 16.8 Å². The fourth-order valence-corrected chi connectivity index (χ4v) is 3.62. The van der Waals surface area contributed by atoms with Gasteiger partial charge in [0.15, 0.2) is 5.65 Å². The Morgan fingerprint density at radius 3 is 3.04 bits per heavy atom. The van der Waals surface area contributed by atoms with Gasteiger partial charge in [0.2, 0.25) is 0 Å². The molecule has 0 saturated carbocycles. The standard InChI is InChI=1S/C17H14N6OS/c1-10(17-22-13-4-2-3-5-14(13)25-17)19-9-12-6-15(24)23-16(21-12)11(7-18)8-20-23/h2-6,8,10,19-20H,9H2,1H3. The number of thiazole rings is 1. The maximum atomic E-state index is 12.1. The summed E-state index contributed by atoms with van der Waals surface area (Å²) in [6.07, 6.45) is 1.48. The van der Waals surface area contributed by atoms with Crippen molar-refractivity contribution in [2.24, 2.45) is 0 Å². The van der Waals surface area contributed by atoms with Gasteiger partial charge in [-0.3, -0.25) is 9.89 Å². The number of para-hydroxylation sites is 1. The number of aromatic nitrogens is 4. The van der Waals surface area contributed by atoms with E-state index in [9.17, 15) is 4.79 Å². The van der Waals surface area contributed by atoms with E-state index in [0.717, 1.165) is 15.2 Å². The molecule has 7 nitrogen and oxygen atoms in total. The number of nitrogens with one attached hydrogen (secondary N) is 2. The third-order valence-electron chi connectivity index (χ3n) is 3.94. The highest BCUT2D eigenvalue weighted by atomic mass is 32.1. The smallest absolute Gasteiger partial charge is 0.272 e. The molecule has 0 amide bonds. The number of nitriles is 1. The van der Waals surface area contributed by atoms with E-state index in [1.807, 2.05) is 31.2 Å². The molecule has 2 N–H and O–H groups in total. The van der Waals surface area contributed by atoms with E-state index in [-0.39, 0.29) is 11.6 Å². The summed E-state index contributed by atoms with van der Waals surface area (Å²) >= 11 is 1.65. The van der Waals surface area contributed by atoms with Crippen molar-refractivity contribution >= 4 is 27.2 Å². The van der Waals surface area contributed by atoms with Gasteiger partial charge in [0, 0.05) is 18.8 Å². The van der Waals surface area contributed by atoms with Gasteiger partial charge in [0.1, 0.15) is 16.6 Å². The van der Waals surface area contributed by atoms with E-state index in [4.69, 9.17) is 5.26 Å². The van der Waals surface area contributed by atoms with Crippen molar-refractivity contribution in [3.05, 3.63) is 63.1 Å². The highest BCUT2D eigenvalue weighted by Gasteiger charge is 2.13. The molecule has 124 valence electrons. The average molecular weight is 350 g/mol. The van der Waals surface area contributed by atoms with Gasteiger partial charge < -0.3 is 5.32 Å². The Morgan fingerprint density at radius 2 is 2.24 bits per heavy atom. The molecule has 0 fully saturated rings. The SMILES string of the molecule is CC(NCc1cc(=O)n2[nH]cc(C#N)c2n1)c1nc2ccccc2s1. The second kappa shape index (κ2) is 6.12. The highest BCUT2D eigenvalue weighted by molar-refractivity contribution is 7.18. The monoisotopic (exact) mass is 350 g/mol. The van der Waals surface area contributed by atoms with Crippen LogP contribution in [-0.2, 0) is 6.54 Å². The van der Waals surface area contributed by atoms with Crippen molar-refractivity contribution in [2.45, 2.75) is 19.5 Å². The lowest BCUT2D eigenvalue weighted by molar-refractivity contribution is 0.565. The Morgan fingerprint density at radius 1 is 1.40 bits per heavy atom. The first-order valence-electron chi connectivity index (χ1n) is 7.75. The average Bonchev–Trinajstić information content (AvgIpc) is 3.23. The van der Waals surface area contributed by atoms with Gasteiger partial charge in [-0.1, -0.05) is 12.1 Å². The van der Waals surface area contributed by atoms with Crippen molar-refractivity contribution in [1.82, 2.24) is 24.9 Å². The molecule has 0 bridgehead atoms. The second-order valence-electron chi connectivity index (χ2n) is 5.67. The van der Waals surface area contributed by atoms with Gasteiger partial charge in [-0.15, -0.1) is 11.3 Å². The van der Waals surface area contributed by atoms with Crippen LogP contribution in [0.15, 0.2) is 41.3 Å². The molecule has 1 aromatic carbocycles. The number of H-pyrrole nitrogens is 1. The van der Waals surface area contributed by atoms with Crippen LogP contribution >= 0.6 is 11.3 Å². The van der Waals surface area contributed by atoms with E-state index in [1.54, 1.807) is 11.3 Å². The number of aromatic amines is 1. The van der Waals surface area contributed by atoms with Crippen molar-refractivity contribution in [1.29, 1.82) is 5.26 Å². The Balaban J connectivity index is 1.57. The summed E-state index contributed by atoms with van der Waals surface area (Å²) in [6.45, 7) is 2.44. The molecular formula is C17H14N6OS. The number of nitrogens with zero attached hydrogens (tertiary/aromatic N) is 4. The lowest BCUT2D eigenvalue weighted by Crippen LogP contribution is -2.22. The fourth-order valence-electron chi connectivity index (χ4n) is 2.62. The van der Waals surface area contributed by atoms with Gasteiger partial charge in [0.05, 0.1) is 22.0 Å². The van der Waals surface area contributed by atoms with E-state index in [0.29, 0.717) is 23.4 Å². The molecule has 0 aliphatic rings.